The van der Waals surface area contributed by atoms with Gasteiger partial charge in [0.25, 0.3) is 0 Å². The summed E-state index contributed by atoms with van der Waals surface area (Å²) in [6, 6.07) is 30.5. The molecule has 0 unspecified atom stereocenters. The molecule has 0 aromatic heterocycles. The van der Waals surface area contributed by atoms with Crippen LogP contribution in [0.2, 0.25) is 0 Å². The summed E-state index contributed by atoms with van der Waals surface area (Å²) in [6.07, 6.45) is 9.13. The van der Waals surface area contributed by atoms with Crippen LogP contribution in [-0.2, 0) is 14.3 Å². The molecule has 5 nitrogen and oxygen atoms in total. The lowest BCUT2D eigenvalue weighted by Gasteiger charge is -2.29. The maximum atomic E-state index is 12.7. The molecule has 1 saturated carbocycles. The monoisotopic (exact) mass is 642 g/mol. The number of carbonyl (C=O) groups excluding carboxylic acids is 2. The van der Waals surface area contributed by atoms with Gasteiger partial charge in [0, 0.05) is 12.7 Å². The molecule has 248 valence electrons. The van der Waals surface area contributed by atoms with Crippen LogP contribution >= 0.6 is 0 Å². The van der Waals surface area contributed by atoms with Crippen LogP contribution in [0, 0.1) is 5.92 Å². The molecule has 0 saturated heterocycles. The molecule has 1 aliphatic carbocycles. The van der Waals surface area contributed by atoms with Gasteiger partial charge >= 0.3 is 11.9 Å². The molecule has 0 amide bonds. The van der Waals surface area contributed by atoms with Crippen molar-refractivity contribution in [2.24, 2.45) is 5.92 Å². The minimum atomic E-state index is -0.509. The highest BCUT2D eigenvalue weighted by atomic mass is 16.5. The Morgan fingerprint density at radius 3 is 1.83 bits per heavy atom. The Labute approximate surface area is 285 Å². The minimum absolute atomic E-state index is 0.112. The van der Waals surface area contributed by atoms with E-state index in [1.165, 1.54) is 57.6 Å². The lowest BCUT2D eigenvalue weighted by atomic mass is 9.77. The average molecular weight is 643 g/mol. The van der Waals surface area contributed by atoms with Crippen LogP contribution < -0.4 is 9.47 Å². The highest BCUT2D eigenvalue weighted by Gasteiger charge is 2.22. The van der Waals surface area contributed by atoms with E-state index in [2.05, 4.69) is 68.6 Å². The first-order chi connectivity index (χ1) is 23.2. The fourth-order valence-corrected chi connectivity index (χ4v) is 6.45. The van der Waals surface area contributed by atoms with Crippen molar-refractivity contribution in [2.75, 3.05) is 13.7 Å². The fraction of sp³-hybridized carbons (Fsp3) is 0.302. The molecule has 0 bridgehead atoms. The van der Waals surface area contributed by atoms with Crippen molar-refractivity contribution in [3.05, 3.63) is 121 Å². The van der Waals surface area contributed by atoms with Crippen molar-refractivity contribution in [1.29, 1.82) is 0 Å². The van der Waals surface area contributed by atoms with Gasteiger partial charge in [-0.25, -0.2) is 9.59 Å². The number of methoxy groups -OCH3 is 1. The van der Waals surface area contributed by atoms with E-state index in [9.17, 15) is 9.59 Å². The molecule has 0 atom stereocenters. The quantitative estimate of drug-likeness (QED) is 0.0825. The van der Waals surface area contributed by atoms with Crippen molar-refractivity contribution >= 4 is 11.9 Å². The molecular weight excluding hydrogens is 596 g/mol. The van der Waals surface area contributed by atoms with Gasteiger partial charge in [-0.15, -0.1) is 0 Å². The van der Waals surface area contributed by atoms with Crippen LogP contribution in [-0.4, -0.2) is 25.7 Å². The third-order valence-electron chi connectivity index (χ3n) is 9.26. The largest absolute Gasteiger partial charge is 0.423 e. The Hall–Kier alpha value is -4.74. The van der Waals surface area contributed by atoms with Gasteiger partial charge in [0.1, 0.15) is 11.5 Å². The van der Waals surface area contributed by atoms with Gasteiger partial charge in [0.2, 0.25) is 0 Å². The summed E-state index contributed by atoms with van der Waals surface area (Å²) in [5.74, 6) is 1.47. The fourth-order valence-electron chi connectivity index (χ4n) is 6.45. The van der Waals surface area contributed by atoms with E-state index < -0.39 is 11.9 Å². The van der Waals surface area contributed by atoms with Gasteiger partial charge in [-0.1, -0.05) is 106 Å². The maximum absolute atomic E-state index is 12.7. The number of benzene rings is 4. The van der Waals surface area contributed by atoms with Crippen molar-refractivity contribution in [3.8, 4) is 44.9 Å². The third-order valence-corrected chi connectivity index (χ3v) is 9.26. The Bertz CT molecular complexity index is 1720. The number of hydrogen-bond donors (Lipinski definition) is 0. The molecule has 1 aliphatic rings. The van der Waals surface area contributed by atoms with Crippen molar-refractivity contribution in [2.45, 2.75) is 64.7 Å². The first-order valence-electron chi connectivity index (χ1n) is 17.0. The van der Waals surface area contributed by atoms with Crippen molar-refractivity contribution in [3.63, 3.8) is 0 Å². The topological polar surface area (TPSA) is 61.8 Å². The van der Waals surface area contributed by atoms with Crippen LogP contribution in [0.3, 0.4) is 0 Å². The summed E-state index contributed by atoms with van der Waals surface area (Å²) in [4.78, 5) is 24.5. The van der Waals surface area contributed by atoms with Gasteiger partial charge < -0.3 is 14.2 Å². The first kappa shape index (κ1) is 34.6. The highest BCUT2D eigenvalue weighted by molar-refractivity contribution is 5.91. The molecule has 4 aromatic carbocycles. The number of rotatable bonds is 13. The molecule has 1 fully saturated rings. The molecule has 5 heteroatoms. The standard InChI is InChI=1S/C43H46O5/c1-6-7-8-31-9-11-32(12-10-31)33-15-19-37(20-16-33)41-27-39(48-43(45)30(4)28-46-5)25-26-40(41)36-17-13-34(14-18-36)35-21-23-38(24-22-35)47-42(44)29(2)3/h13-27,31-32H,2,4,6-12,28H2,1,3,5H3. The number of unbranched alkanes of at least 4 members (excludes halogenated alkanes) is 1. The van der Waals surface area contributed by atoms with Crippen molar-refractivity contribution < 1.29 is 23.8 Å². The summed E-state index contributed by atoms with van der Waals surface area (Å²) in [5, 5.41) is 0. The minimum Gasteiger partial charge on any atom is -0.423 e. The SMILES string of the molecule is C=C(C)C(=O)Oc1ccc(-c2ccc(-c3ccc(OC(=O)C(=C)COC)cc3-c3ccc(C4CCC(CCCC)CC4)cc3)cc2)cc1. The van der Waals surface area contributed by atoms with Gasteiger partial charge in [-0.05, 0) is 108 Å². The summed E-state index contributed by atoms with van der Waals surface area (Å²) < 4.78 is 16.1. The zero-order valence-electron chi connectivity index (χ0n) is 28.4. The molecule has 5 rings (SSSR count). The summed E-state index contributed by atoms with van der Waals surface area (Å²) in [6.45, 7) is 11.4. The predicted molar refractivity (Wildman–Crippen MR) is 194 cm³/mol. The second-order valence-electron chi connectivity index (χ2n) is 12.9. The molecule has 0 heterocycles. The van der Waals surface area contributed by atoms with E-state index in [4.69, 9.17) is 14.2 Å². The molecular formula is C43H46O5. The van der Waals surface area contributed by atoms with Crippen LogP contribution in [0.4, 0.5) is 0 Å². The van der Waals surface area contributed by atoms with E-state index in [0.717, 1.165) is 39.3 Å². The Kier molecular flexibility index (Phi) is 11.8. The number of ether oxygens (including phenoxy) is 3. The zero-order chi connectivity index (χ0) is 34.0. The smallest absolute Gasteiger partial charge is 0.341 e. The lowest BCUT2D eigenvalue weighted by Crippen LogP contribution is -2.14. The van der Waals surface area contributed by atoms with Crippen LogP contribution in [0.25, 0.3) is 33.4 Å². The van der Waals surface area contributed by atoms with Crippen molar-refractivity contribution in [1.82, 2.24) is 0 Å². The summed E-state index contributed by atoms with van der Waals surface area (Å²) >= 11 is 0. The Morgan fingerprint density at radius 1 is 0.688 bits per heavy atom. The molecule has 0 radical (unpaired) electrons. The highest BCUT2D eigenvalue weighted by Crippen LogP contribution is 2.40. The number of hydrogen-bond acceptors (Lipinski definition) is 5. The normalized spacial score (nSPS) is 15.8. The van der Waals surface area contributed by atoms with E-state index in [1.807, 2.05) is 30.3 Å². The Morgan fingerprint density at radius 2 is 1.23 bits per heavy atom. The van der Waals surface area contributed by atoms with Crippen LogP contribution in [0.15, 0.2) is 115 Å². The molecule has 4 aromatic rings. The lowest BCUT2D eigenvalue weighted by molar-refractivity contribution is -0.131. The second kappa shape index (κ2) is 16.4. The molecule has 0 N–H and O–H groups in total. The molecule has 0 aliphatic heterocycles. The Balaban J connectivity index is 1.39. The van der Waals surface area contributed by atoms with Gasteiger partial charge in [-0.2, -0.15) is 0 Å². The van der Waals surface area contributed by atoms with Gasteiger partial charge in [0.15, 0.2) is 0 Å². The van der Waals surface area contributed by atoms with E-state index >= 15 is 0 Å². The predicted octanol–water partition coefficient (Wildman–Crippen LogP) is 10.7. The van der Waals surface area contributed by atoms with E-state index in [1.54, 1.807) is 19.1 Å². The maximum Gasteiger partial charge on any atom is 0.341 e. The van der Waals surface area contributed by atoms with Gasteiger partial charge in [-0.3, -0.25) is 0 Å². The first-order valence-corrected chi connectivity index (χ1v) is 17.0. The third kappa shape index (κ3) is 8.78. The summed E-state index contributed by atoms with van der Waals surface area (Å²) in [7, 11) is 1.52. The van der Waals surface area contributed by atoms with E-state index in [0.29, 0.717) is 23.0 Å². The van der Waals surface area contributed by atoms with Crippen LogP contribution in [0.5, 0.6) is 11.5 Å². The number of carbonyl (C=O) groups is 2. The average Bonchev–Trinajstić information content (AvgIpc) is 3.11. The van der Waals surface area contributed by atoms with E-state index in [-0.39, 0.29) is 12.2 Å². The molecule has 48 heavy (non-hydrogen) atoms. The second-order valence-corrected chi connectivity index (χ2v) is 12.9. The van der Waals surface area contributed by atoms with Gasteiger partial charge in [0.05, 0.1) is 12.2 Å². The number of esters is 2. The zero-order valence-corrected chi connectivity index (χ0v) is 28.4. The summed E-state index contributed by atoms with van der Waals surface area (Å²) in [5.41, 5.74) is 8.16. The molecule has 0 spiro atoms. The van der Waals surface area contributed by atoms with Crippen LogP contribution in [0.1, 0.15) is 70.3 Å².